The molecule has 35 heavy (non-hydrogen) atoms. The minimum absolute atomic E-state index is 0.284. The fraction of sp³-hybridized carbons (Fsp3) is 0.200. The number of methoxy groups -OCH3 is 2. The van der Waals surface area contributed by atoms with Crippen LogP contribution < -0.4 is 15.4 Å². The second-order valence-electron chi connectivity index (χ2n) is 7.68. The van der Waals surface area contributed by atoms with E-state index in [0.717, 1.165) is 16.5 Å². The van der Waals surface area contributed by atoms with Crippen molar-refractivity contribution in [1.29, 1.82) is 0 Å². The molecule has 180 valence electrons. The lowest BCUT2D eigenvalue weighted by molar-refractivity contribution is -0.143. The van der Waals surface area contributed by atoms with Crippen molar-refractivity contribution in [3.8, 4) is 17.1 Å². The first-order chi connectivity index (χ1) is 17.0. The molecule has 2 aromatic heterocycles. The van der Waals surface area contributed by atoms with Gasteiger partial charge in [-0.2, -0.15) is 0 Å². The maximum Gasteiger partial charge on any atom is 0.323 e. The summed E-state index contributed by atoms with van der Waals surface area (Å²) >= 11 is 0. The Kier molecular flexibility index (Phi) is 7.22. The summed E-state index contributed by atoms with van der Waals surface area (Å²) in [6.07, 6.45) is 4.94. The topological polar surface area (TPSA) is 136 Å². The second kappa shape index (κ2) is 10.7. The Morgan fingerprint density at radius 1 is 1.14 bits per heavy atom. The molecule has 10 heteroatoms. The molecule has 0 aliphatic rings. The molecule has 4 aromatic rings. The molecule has 2 heterocycles. The van der Waals surface area contributed by atoms with Crippen molar-refractivity contribution in [2.24, 2.45) is 0 Å². The Morgan fingerprint density at radius 3 is 2.71 bits per heavy atom. The maximum atomic E-state index is 12.5. The second-order valence-corrected chi connectivity index (χ2v) is 7.68. The molecular weight excluding hydrogens is 452 g/mol. The van der Waals surface area contributed by atoms with Crippen molar-refractivity contribution in [2.75, 3.05) is 26.1 Å². The number of benzene rings is 2. The summed E-state index contributed by atoms with van der Waals surface area (Å²) in [5.41, 5.74) is 2.84. The van der Waals surface area contributed by atoms with Gasteiger partial charge in [-0.3, -0.25) is 19.7 Å². The first kappa shape index (κ1) is 23.7. The number of hydrogen-bond acceptors (Lipinski definition) is 8. The van der Waals surface area contributed by atoms with Crippen LogP contribution in [-0.4, -0.2) is 54.4 Å². The van der Waals surface area contributed by atoms with Crippen LogP contribution in [-0.2, 0) is 25.5 Å². The molecule has 0 fully saturated rings. The van der Waals surface area contributed by atoms with Gasteiger partial charge >= 0.3 is 5.97 Å². The van der Waals surface area contributed by atoms with E-state index in [-0.39, 0.29) is 13.0 Å². The van der Waals surface area contributed by atoms with Gasteiger partial charge in [0.2, 0.25) is 5.78 Å². The SMILES string of the molecule is COC(=O)[C@H](Cc1c[nH]c2ccccc12)NCC(=O)C(=O)Nc1ccc(-c2cnco2)c(OC)c1. The van der Waals surface area contributed by atoms with Crippen LogP contribution in [0, 0.1) is 0 Å². The van der Waals surface area contributed by atoms with Crippen LogP contribution in [0.25, 0.3) is 22.2 Å². The molecule has 0 aliphatic heterocycles. The largest absolute Gasteiger partial charge is 0.496 e. The number of para-hydroxylation sites is 1. The highest BCUT2D eigenvalue weighted by Crippen LogP contribution is 2.32. The average molecular weight is 476 g/mol. The van der Waals surface area contributed by atoms with E-state index in [1.807, 2.05) is 30.5 Å². The summed E-state index contributed by atoms with van der Waals surface area (Å²) in [7, 11) is 2.76. The fourth-order valence-electron chi connectivity index (χ4n) is 3.72. The number of ketones is 1. The lowest BCUT2D eigenvalue weighted by atomic mass is 10.0. The molecule has 10 nitrogen and oxygen atoms in total. The minimum Gasteiger partial charge on any atom is -0.496 e. The summed E-state index contributed by atoms with van der Waals surface area (Å²) in [6, 6.07) is 11.8. The summed E-state index contributed by atoms with van der Waals surface area (Å²) in [5.74, 6) is -1.16. The number of anilines is 1. The Hall–Kier alpha value is -4.44. The van der Waals surface area contributed by atoms with E-state index < -0.39 is 23.7 Å². The van der Waals surface area contributed by atoms with E-state index in [9.17, 15) is 14.4 Å². The highest BCUT2D eigenvalue weighted by atomic mass is 16.5. The number of Topliss-reactive ketones (excluding diaryl/α,β-unsaturated/α-hetero) is 1. The Labute approximate surface area is 200 Å². The summed E-state index contributed by atoms with van der Waals surface area (Å²) in [6.45, 7) is -0.346. The Bertz CT molecular complexity index is 1350. The summed E-state index contributed by atoms with van der Waals surface area (Å²) < 4.78 is 15.5. The van der Waals surface area contributed by atoms with Gasteiger partial charge in [-0.15, -0.1) is 0 Å². The molecule has 0 saturated carbocycles. The Balaban J connectivity index is 1.39. The van der Waals surface area contributed by atoms with Crippen molar-refractivity contribution >= 4 is 34.3 Å². The van der Waals surface area contributed by atoms with Crippen LogP contribution in [0.1, 0.15) is 5.56 Å². The maximum absolute atomic E-state index is 12.5. The van der Waals surface area contributed by atoms with E-state index in [4.69, 9.17) is 13.9 Å². The lowest BCUT2D eigenvalue weighted by Crippen LogP contribution is -2.44. The first-order valence-corrected chi connectivity index (χ1v) is 10.8. The van der Waals surface area contributed by atoms with E-state index in [0.29, 0.717) is 22.8 Å². The average Bonchev–Trinajstić information content (AvgIpc) is 3.56. The van der Waals surface area contributed by atoms with Gasteiger partial charge in [-0.1, -0.05) is 18.2 Å². The van der Waals surface area contributed by atoms with Gasteiger partial charge in [0.25, 0.3) is 5.91 Å². The van der Waals surface area contributed by atoms with E-state index >= 15 is 0 Å². The predicted molar refractivity (Wildman–Crippen MR) is 128 cm³/mol. The van der Waals surface area contributed by atoms with Crippen LogP contribution in [0.15, 0.2) is 65.7 Å². The third kappa shape index (κ3) is 5.39. The number of rotatable bonds is 10. The van der Waals surface area contributed by atoms with Crippen LogP contribution in [0.5, 0.6) is 5.75 Å². The molecule has 0 radical (unpaired) electrons. The van der Waals surface area contributed by atoms with Crippen molar-refractivity contribution < 1.29 is 28.3 Å². The zero-order valence-corrected chi connectivity index (χ0v) is 19.2. The van der Waals surface area contributed by atoms with E-state index in [1.54, 1.807) is 24.4 Å². The van der Waals surface area contributed by atoms with Crippen LogP contribution in [0.3, 0.4) is 0 Å². The van der Waals surface area contributed by atoms with Crippen molar-refractivity contribution in [3.05, 3.63) is 66.8 Å². The van der Waals surface area contributed by atoms with Crippen LogP contribution in [0.4, 0.5) is 5.69 Å². The molecule has 0 bridgehead atoms. The monoisotopic (exact) mass is 476 g/mol. The third-order valence-electron chi connectivity index (χ3n) is 5.50. The molecule has 0 aliphatic carbocycles. The van der Waals surface area contributed by atoms with Crippen LogP contribution >= 0.6 is 0 Å². The van der Waals surface area contributed by atoms with Crippen molar-refractivity contribution in [2.45, 2.75) is 12.5 Å². The van der Waals surface area contributed by atoms with Gasteiger partial charge in [-0.05, 0) is 23.8 Å². The lowest BCUT2D eigenvalue weighted by Gasteiger charge is -2.16. The number of hydrogen-bond donors (Lipinski definition) is 3. The number of H-pyrrole nitrogens is 1. The fourth-order valence-corrected chi connectivity index (χ4v) is 3.72. The van der Waals surface area contributed by atoms with Gasteiger partial charge in [0.05, 0.1) is 32.5 Å². The zero-order chi connectivity index (χ0) is 24.8. The number of amides is 1. The Morgan fingerprint density at radius 2 is 1.97 bits per heavy atom. The van der Waals surface area contributed by atoms with Gasteiger partial charge in [0.15, 0.2) is 12.2 Å². The minimum atomic E-state index is -0.831. The number of carbonyl (C=O) groups is 3. The normalized spacial score (nSPS) is 11.7. The number of ether oxygens (including phenoxy) is 2. The molecule has 1 amide bonds. The molecule has 2 aromatic carbocycles. The molecule has 0 unspecified atom stereocenters. The molecule has 1 atom stereocenters. The number of carbonyl (C=O) groups excluding carboxylic acids is 3. The molecule has 0 saturated heterocycles. The van der Waals surface area contributed by atoms with Crippen LogP contribution in [0.2, 0.25) is 0 Å². The van der Waals surface area contributed by atoms with Gasteiger partial charge in [0.1, 0.15) is 11.8 Å². The smallest absolute Gasteiger partial charge is 0.323 e. The third-order valence-corrected chi connectivity index (χ3v) is 5.50. The number of nitrogens with one attached hydrogen (secondary N) is 3. The quantitative estimate of drug-likeness (QED) is 0.235. The van der Waals surface area contributed by atoms with E-state index in [1.165, 1.54) is 20.6 Å². The first-order valence-electron chi connectivity index (χ1n) is 10.8. The van der Waals surface area contributed by atoms with Crippen molar-refractivity contribution in [3.63, 3.8) is 0 Å². The predicted octanol–water partition coefficient (Wildman–Crippen LogP) is 2.71. The molecule has 0 spiro atoms. The number of aromatic amines is 1. The summed E-state index contributed by atoms with van der Waals surface area (Å²) in [4.78, 5) is 44.3. The molecule has 3 N–H and O–H groups in total. The number of fused-ring (bicyclic) bond motifs is 1. The van der Waals surface area contributed by atoms with Gasteiger partial charge in [0, 0.05) is 35.3 Å². The van der Waals surface area contributed by atoms with Crippen molar-refractivity contribution in [1.82, 2.24) is 15.3 Å². The highest BCUT2D eigenvalue weighted by Gasteiger charge is 2.24. The molecular formula is C25H24N4O6. The van der Waals surface area contributed by atoms with Gasteiger partial charge in [-0.25, -0.2) is 4.98 Å². The number of oxazole rings is 1. The number of nitrogens with zero attached hydrogens (tertiary/aromatic N) is 1. The van der Waals surface area contributed by atoms with Gasteiger partial charge < -0.3 is 24.2 Å². The molecule has 4 rings (SSSR count). The van der Waals surface area contributed by atoms with E-state index in [2.05, 4.69) is 20.6 Å². The zero-order valence-electron chi connectivity index (χ0n) is 19.2. The standard InChI is InChI=1S/C25H24N4O6/c1-33-22-10-16(7-8-18(22)23-13-26-14-35-23)29-24(31)21(30)12-28-20(25(32)34-2)9-15-11-27-19-6-4-3-5-17(15)19/h3-8,10-11,13-14,20,27-28H,9,12H2,1-2H3,(H,29,31)/t20-/m0/s1. The number of esters is 1. The summed E-state index contributed by atoms with van der Waals surface area (Å²) in [5, 5.41) is 6.36. The number of aromatic nitrogens is 2. The highest BCUT2D eigenvalue weighted by molar-refractivity contribution is 6.41.